The van der Waals surface area contributed by atoms with E-state index in [4.69, 9.17) is 0 Å². The number of aliphatic hydroxyl groups is 1. The zero-order chi connectivity index (χ0) is 10.7. The zero-order valence-electron chi connectivity index (χ0n) is 8.69. The average molecular weight is 270 g/mol. The van der Waals surface area contributed by atoms with Gasteiger partial charge in [0, 0.05) is 17.6 Å². The second-order valence-electron chi connectivity index (χ2n) is 4.16. The van der Waals surface area contributed by atoms with Crippen molar-refractivity contribution in [3.63, 3.8) is 0 Å². The number of rotatable bonds is 2. The maximum atomic E-state index is 9.55. The summed E-state index contributed by atoms with van der Waals surface area (Å²) in [6, 6.07) is 8.39. The lowest BCUT2D eigenvalue weighted by molar-refractivity contribution is 0.0668. The minimum Gasteiger partial charge on any atom is -0.392 e. The van der Waals surface area contributed by atoms with E-state index in [-0.39, 0.29) is 6.10 Å². The molecule has 1 aromatic carbocycles. The quantitative estimate of drug-likeness (QED) is 0.892. The minimum atomic E-state index is -0.130. The van der Waals surface area contributed by atoms with E-state index in [1.165, 1.54) is 5.56 Å². The molecule has 0 amide bonds. The molecule has 0 radical (unpaired) electrons. The number of benzene rings is 1. The molecule has 1 saturated heterocycles. The molecule has 0 bridgehead atoms. The summed E-state index contributed by atoms with van der Waals surface area (Å²) < 4.78 is 1.12. The molecule has 2 rings (SSSR count). The normalized spacial score (nSPS) is 22.9. The molecule has 2 nitrogen and oxygen atoms in total. The third kappa shape index (κ3) is 3.30. The van der Waals surface area contributed by atoms with Crippen LogP contribution < -0.4 is 0 Å². The first-order chi connectivity index (χ1) is 7.24. The number of likely N-dealkylation sites (tertiary alicyclic amines) is 1. The van der Waals surface area contributed by atoms with Crippen LogP contribution in [0.15, 0.2) is 28.7 Å². The van der Waals surface area contributed by atoms with Gasteiger partial charge in [-0.05, 0) is 37.1 Å². The summed E-state index contributed by atoms with van der Waals surface area (Å²) in [6.45, 7) is 2.87. The summed E-state index contributed by atoms with van der Waals surface area (Å²) in [5, 5.41) is 9.55. The molecule has 1 aliphatic heterocycles. The third-order valence-electron chi connectivity index (χ3n) is 2.80. The fraction of sp³-hybridized carbons (Fsp3) is 0.500. The topological polar surface area (TPSA) is 23.5 Å². The third-order valence-corrected chi connectivity index (χ3v) is 3.33. The number of aliphatic hydroxyl groups excluding tert-OH is 1. The van der Waals surface area contributed by atoms with Crippen LogP contribution in [0, 0.1) is 0 Å². The zero-order valence-corrected chi connectivity index (χ0v) is 10.3. The molecule has 1 unspecified atom stereocenters. The van der Waals surface area contributed by atoms with Gasteiger partial charge in [0.2, 0.25) is 0 Å². The number of halogens is 1. The number of hydrogen-bond acceptors (Lipinski definition) is 2. The first-order valence-electron chi connectivity index (χ1n) is 5.39. The molecule has 15 heavy (non-hydrogen) atoms. The summed E-state index contributed by atoms with van der Waals surface area (Å²) in [7, 11) is 0. The highest BCUT2D eigenvalue weighted by Gasteiger charge is 2.17. The molecule has 1 fully saturated rings. The fourth-order valence-electron chi connectivity index (χ4n) is 2.02. The minimum absolute atomic E-state index is 0.130. The molecular weight excluding hydrogens is 254 g/mol. The van der Waals surface area contributed by atoms with Crippen LogP contribution in [0.5, 0.6) is 0 Å². The van der Waals surface area contributed by atoms with Crippen LogP contribution in [-0.2, 0) is 6.54 Å². The van der Waals surface area contributed by atoms with Gasteiger partial charge in [-0.3, -0.25) is 4.90 Å². The fourth-order valence-corrected chi connectivity index (χ4v) is 2.29. The largest absolute Gasteiger partial charge is 0.392 e. The van der Waals surface area contributed by atoms with Gasteiger partial charge in [-0.15, -0.1) is 0 Å². The molecular formula is C12H16BrNO. The van der Waals surface area contributed by atoms with E-state index in [2.05, 4.69) is 45.1 Å². The van der Waals surface area contributed by atoms with E-state index in [1.807, 2.05) is 0 Å². The van der Waals surface area contributed by atoms with Crippen LogP contribution in [0.2, 0.25) is 0 Å². The molecule has 1 aromatic rings. The molecule has 1 atom stereocenters. The average Bonchev–Trinajstić information content (AvgIpc) is 2.22. The van der Waals surface area contributed by atoms with Gasteiger partial charge in [-0.1, -0.05) is 28.1 Å². The SMILES string of the molecule is OC1CCCN(Cc2ccc(Br)cc2)C1. The van der Waals surface area contributed by atoms with Crippen LogP contribution in [0.4, 0.5) is 0 Å². The van der Waals surface area contributed by atoms with E-state index >= 15 is 0 Å². The Hall–Kier alpha value is -0.380. The van der Waals surface area contributed by atoms with E-state index < -0.39 is 0 Å². The van der Waals surface area contributed by atoms with Gasteiger partial charge >= 0.3 is 0 Å². The molecule has 0 spiro atoms. The predicted molar refractivity (Wildman–Crippen MR) is 64.7 cm³/mol. The Morgan fingerprint density at radius 1 is 1.33 bits per heavy atom. The molecule has 0 aromatic heterocycles. The number of hydrogen-bond donors (Lipinski definition) is 1. The summed E-state index contributed by atoms with van der Waals surface area (Å²) in [6.07, 6.45) is 1.93. The van der Waals surface area contributed by atoms with Gasteiger partial charge in [0.1, 0.15) is 0 Å². The molecule has 1 aliphatic rings. The molecule has 0 saturated carbocycles. The Morgan fingerprint density at radius 3 is 2.73 bits per heavy atom. The van der Waals surface area contributed by atoms with Crippen molar-refractivity contribution >= 4 is 15.9 Å². The number of nitrogens with zero attached hydrogens (tertiary/aromatic N) is 1. The van der Waals surface area contributed by atoms with Crippen LogP contribution in [0.3, 0.4) is 0 Å². The van der Waals surface area contributed by atoms with Gasteiger partial charge in [0.25, 0.3) is 0 Å². The second kappa shape index (κ2) is 5.10. The number of piperidine rings is 1. The van der Waals surface area contributed by atoms with Crippen LogP contribution >= 0.6 is 15.9 Å². The van der Waals surface area contributed by atoms with Crippen molar-refractivity contribution in [2.24, 2.45) is 0 Å². The van der Waals surface area contributed by atoms with E-state index in [9.17, 15) is 5.11 Å². The van der Waals surface area contributed by atoms with Crippen molar-refractivity contribution < 1.29 is 5.11 Å². The molecule has 3 heteroatoms. The van der Waals surface area contributed by atoms with Crippen LogP contribution in [0.25, 0.3) is 0 Å². The van der Waals surface area contributed by atoms with Crippen LogP contribution in [0.1, 0.15) is 18.4 Å². The first-order valence-corrected chi connectivity index (χ1v) is 6.18. The highest BCUT2D eigenvalue weighted by molar-refractivity contribution is 9.10. The highest BCUT2D eigenvalue weighted by atomic mass is 79.9. The van der Waals surface area contributed by atoms with Gasteiger partial charge in [0.15, 0.2) is 0 Å². The van der Waals surface area contributed by atoms with Gasteiger partial charge in [-0.25, -0.2) is 0 Å². The van der Waals surface area contributed by atoms with Crippen molar-refractivity contribution in [1.82, 2.24) is 4.90 Å². The first kappa shape index (κ1) is 11.1. The summed E-state index contributed by atoms with van der Waals surface area (Å²) >= 11 is 3.43. The standard InChI is InChI=1S/C12H16BrNO/c13-11-5-3-10(4-6-11)8-14-7-1-2-12(15)9-14/h3-6,12,15H,1-2,7-9H2. The van der Waals surface area contributed by atoms with Gasteiger partial charge in [0.05, 0.1) is 6.10 Å². The van der Waals surface area contributed by atoms with Crippen molar-refractivity contribution in [3.05, 3.63) is 34.3 Å². The van der Waals surface area contributed by atoms with E-state index in [0.29, 0.717) is 0 Å². The van der Waals surface area contributed by atoms with Crippen molar-refractivity contribution in [2.75, 3.05) is 13.1 Å². The van der Waals surface area contributed by atoms with Gasteiger partial charge < -0.3 is 5.11 Å². The maximum Gasteiger partial charge on any atom is 0.0667 e. The van der Waals surface area contributed by atoms with Crippen molar-refractivity contribution in [2.45, 2.75) is 25.5 Å². The Morgan fingerprint density at radius 2 is 2.07 bits per heavy atom. The van der Waals surface area contributed by atoms with E-state index in [1.54, 1.807) is 0 Å². The Bertz CT molecular complexity index is 312. The maximum absolute atomic E-state index is 9.55. The van der Waals surface area contributed by atoms with Crippen molar-refractivity contribution in [3.8, 4) is 0 Å². The van der Waals surface area contributed by atoms with Crippen molar-refractivity contribution in [1.29, 1.82) is 0 Å². The highest BCUT2D eigenvalue weighted by Crippen LogP contribution is 2.15. The Balaban J connectivity index is 1.93. The van der Waals surface area contributed by atoms with E-state index in [0.717, 1.165) is 36.9 Å². The monoisotopic (exact) mass is 269 g/mol. The second-order valence-corrected chi connectivity index (χ2v) is 5.07. The summed E-state index contributed by atoms with van der Waals surface area (Å²) in [4.78, 5) is 2.32. The summed E-state index contributed by atoms with van der Waals surface area (Å²) in [5.74, 6) is 0. The molecule has 82 valence electrons. The molecule has 0 aliphatic carbocycles. The lowest BCUT2D eigenvalue weighted by atomic mass is 10.1. The molecule has 1 heterocycles. The lowest BCUT2D eigenvalue weighted by Gasteiger charge is -2.29. The molecule has 1 N–H and O–H groups in total. The smallest absolute Gasteiger partial charge is 0.0667 e. The Labute approximate surface area is 99.0 Å². The lowest BCUT2D eigenvalue weighted by Crippen LogP contribution is -2.37. The Kier molecular flexibility index (Phi) is 3.78. The number of β-amino-alcohol motifs (C(OH)–C–C–N with tert-alkyl or cyclic N) is 1. The summed E-state index contributed by atoms with van der Waals surface area (Å²) in [5.41, 5.74) is 1.31. The van der Waals surface area contributed by atoms with Gasteiger partial charge in [-0.2, -0.15) is 0 Å². The predicted octanol–water partition coefficient (Wildman–Crippen LogP) is 2.41. The van der Waals surface area contributed by atoms with Crippen LogP contribution in [-0.4, -0.2) is 29.2 Å².